The Labute approximate surface area is 80.7 Å². The zero-order valence-corrected chi connectivity index (χ0v) is 7.47. The van der Waals surface area contributed by atoms with Crippen LogP contribution < -0.4 is 9.97 Å². The molecule has 0 spiro atoms. The molecule has 0 saturated carbocycles. The average molecular weight is 196 g/mol. The molecule has 0 atom stereocenters. The first-order valence-electron chi connectivity index (χ1n) is 3.84. The molecule has 0 aliphatic carbocycles. The van der Waals surface area contributed by atoms with Gasteiger partial charge in [0.05, 0.1) is 6.20 Å². The topological polar surface area (TPSA) is 91.7 Å². The maximum absolute atomic E-state index is 10.6. The Morgan fingerprint density at radius 3 is 2.71 bits per heavy atom. The van der Waals surface area contributed by atoms with Crippen molar-refractivity contribution in [3.8, 4) is 5.75 Å². The first-order chi connectivity index (χ1) is 6.58. The van der Waals surface area contributed by atoms with Gasteiger partial charge in [-0.05, 0) is 12.1 Å². The van der Waals surface area contributed by atoms with Crippen molar-refractivity contribution in [2.45, 2.75) is 6.92 Å². The van der Waals surface area contributed by atoms with E-state index in [1.807, 2.05) is 0 Å². The van der Waals surface area contributed by atoms with E-state index in [0.717, 1.165) is 0 Å². The Bertz CT molecular complexity index is 314. The van der Waals surface area contributed by atoms with Crippen molar-refractivity contribution in [3.63, 3.8) is 0 Å². The normalized spacial score (nSPS) is 9.36. The number of amides is 1. The number of nitrogens with one attached hydrogen (secondary N) is 1. The molecular formula is C7H9BN2O4. The number of pyridine rings is 1. The minimum Gasteiger partial charge on any atom is -0.511 e. The van der Waals surface area contributed by atoms with Crippen LogP contribution in [-0.2, 0) is 4.79 Å². The summed E-state index contributed by atoms with van der Waals surface area (Å²) in [5.41, 5.74) is 0. The Balaban J connectivity index is 2.63. The third-order valence-corrected chi connectivity index (χ3v) is 1.28. The molecule has 1 heterocycles. The molecule has 1 aromatic heterocycles. The summed E-state index contributed by atoms with van der Waals surface area (Å²) in [6.45, 7) is 1.36. The van der Waals surface area contributed by atoms with E-state index in [1.54, 1.807) is 0 Å². The van der Waals surface area contributed by atoms with Crippen LogP contribution in [0.2, 0.25) is 0 Å². The van der Waals surface area contributed by atoms with Crippen molar-refractivity contribution < 1.29 is 19.5 Å². The lowest BCUT2D eigenvalue weighted by atomic mass is 10.2. The summed E-state index contributed by atoms with van der Waals surface area (Å²) in [6.07, 6.45) is 1.27. The molecular weight excluding hydrogens is 187 g/mol. The molecule has 14 heavy (non-hydrogen) atoms. The fraction of sp³-hybridized carbons (Fsp3) is 0.143. The Kier molecular flexibility index (Phi) is 3.44. The van der Waals surface area contributed by atoms with Gasteiger partial charge in [-0.25, -0.2) is 4.98 Å². The molecule has 0 bridgehead atoms. The van der Waals surface area contributed by atoms with Gasteiger partial charge in [-0.15, -0.1) is 0 Å². The van der Waals surface area contributed by atoms with E-state index in [1.165, 1.54) is 25.3 Å². The van der Waals surface area contributed by atoms with E-state index in [9.17, 15) is 4.79 Å². The van der Waals surface area contributed by atoms with E-state index >= 15 is 0 Å². The lowest BCUT2D eigenvalue weighted by molar-refractivity contribution is -0.114. The van der Waals surface area contributed by atoms with Gasteiger partial charge in [0, 0.05) is 6.92 Å². The SMILES string of the molecule is CC(=O)Nc1ccc(OB(O)O)cn1. The smallest absolute Gasteiger partial charge is 0.511 e. The highest BCUT2D eigenvalue weighted by Crippen LogP contribution is 2.11. The van der Waals surface area contributed by atoms with Crippen molar-refractivity contribution >= 4 is 19.0 Å². The summed E-state index contributed by atoms with van der Waals surface area (Å²) in [4.78, 5) is 14.4. The van der Waals surface area contributed by atoms with Gasteiger partial charge in [-0.1, -0.05) is 0 Å². The summed E-state index contributed by atoms with van der Waals surface area (Å²) in [5.74, 6) is 0.347. The lowest BCUT2D eigenvalue weighted by Gasteiger charge is -2.04. The molecule has 0 saturated heterocycles. The average Bonchev–Trinajstić information content (AvgIpc) is 2.06. The summed E-state index contributed by atoms with van der Waals surface area (Å²) in [6, 6.07) is 2.94. The van der Waals surface area contributed by atoms with E-state index in [0.29, 0.717) is 5.82 Å². The van der Waals surface area contributed by atoms with E-state index in [-0.39, 0.29) is 11.7 Å². The maximum atomic E-state index is 10.6. The predicted octanol–water partition coefficient (Wildman–Crippen LogP) is -0.612. The number of nitrogens with zero attached hydrogens (tertiary/aromatic N) is 1. The van der Waals surface area contributed by atoms with Crippen molar-refractivity contribution in [1.29, 1.82) is 0 Å². The van der Waals surface area contributed by atoms with Crippen molar-refractivity contribution in [2.75, 3.05) is 5.32 Å². The summed E-state index contributed by atoms with van der Waals surface area (Å²) in [5, 5.41) is 19.4. The Morgan fingerprint density at radius 1 is 1.57 bits per heavy atom. The van der Waals surface area contributed by atoms with Crippen LogP contribution in [0.15, 0.2) is 18.3 Å². The van der Waals surface area contributed by atoms with Crippen LogP contribution in [0.25, 0.3) is 0 Å². The number of hydrogen-bond donors (Lipinski definition) is 3. The molecule has 0 aromatic carbocycles. The number of aromatic nitrogens is 1. The minimum absolute atomic E-state index is 0.203. The molecule has 0 aliphatic rings. The number of anilines is 1. The van der Waals surface area contributed by atoms with E-state index < -0.39 is 7.32 Å². The van der Waals surface area contributed by atoms with E-state index in [2.05, 4.69) is 15.0 Å². The van der Waals surface area contributed by atoms with Crippen LogP contribution in [0.3, 0.4) is 0 Å². The van der Waals surface area contributed by atoms with E-state index in [4.69, 9.17) is 10.0 Å². The van der Waals surface area contributed by atoms with Crippen LogP contribution in [-0.4, -0.2) is 28.3 Å². The zero-order chi connectivity index (χ0) is 10.6. The van der Waals surface area contributed by atoms with Crippen LogP contribution >= 0.6 is 0 Å². The van der Waals surface area contributed by atoms with Crippen molar-refractivity contribution in [1.82, 2.24) is 4.98 Å². The molecule has 1 rings (SSSR count). The third-order valence-electron chi connectivity index (χ3n) is 1.28. The van der Waals surface area contributed by atoms with Gasteiger partial charge in [0.1, 0.15) is 11.6 Å². The van der Waals surface area contributed by atoms with Gasteiger partial charge in [0.15, 0.2) is 0 Å². The Morgan fingerprint density at radius 2 is 2.29 bits per heavy atom. The highest BCUT2D eigenvalue weighted by atomic mass is 16.6. The van der Waals surface area contributed by atoms with Gasteiger partial charge in [0.2, 0.25) is 5.91 Å². The molecule has 1 amide bonds. The predicted molar refractivity (Wildman–Crippen MR) is 49.4 cm³/mol. The van der Waals surface area contributed by atoms with Crippen LogP contribution in [0.1, 0.15) is 6.92 Å². The second kappa shape index (κ2) is 4.59. The summed E-state index contributed by atoms with van der Waals surface area (Å²) < 4.78 is 4.51. The largest absolute Gasteiger partial charge is 0.707 e. The summed E-state index contributed by atoms with van der Waals surface area (Å²) in [7, 11) is -1.87. The number of hydrogen-bond acceptors (Lipinski definition) is 5. The molecule has 0 fully saturated rings. The zero-order valence-electron chi connectivity index (χ0n) is 7.47. The van der Waals surface area contributed by atoms with Gasteiger partial charge >= 0.3 is 7.32 Å². The molecule has 7 heteroatoms. The standard InChI is InChI=1S/C7H9BN2O4/c1-5(11)10-7-3-2-6(4-9-7)14-8(12)13/h2-4,12-13H,1H3,(H,9,10,11). The maximum Gasteiger partial charge on any atom is 0.707 e. The van der Waals surface area contributed by atoms with Crippen molar-refractivity contribution in [3.05, 3.63) is 18.3 Å². The first kappa shape index (κ1) is 10.5. The quantitative estimate of drug-likeness (QED) is 0.560. The number of carbonyl (C=O) groups is 1. The third kappa shape index (κ3) is 3.42. The van der Waals surface area contributed by atoms with Gasteiger partial charge in [-0.3, -0.25) is 4.79 Å². The second-order valence-corrected chi connectivity index (χ2v) is 2.50. The number of rotatable bonds is 3. The van der Waals surface area contributed by atoms with Gasteiger partial charge < -0.3 is 20.0 Å². The minimum atomic E-state index is -1.87. The molecule has 0 radical (unpaired) electrons. The highest BCUT2D eigenvalue weighted by molar-refractivity contribution is 6.33. The molecule has 0 aliphatic heterocycles. The van der Waals surface area contributed by atoms with Crippen LogP contribution in [0, 0.1) is 0 Å². The molecule has 6 nitrogen and oxygen atoms in total. The fourth-order valence-electron chi connectivity index (χ4n) is 0.826. The first-order valence-corrected chi connectivity index (χ1v) is 3.84. The van der Waals surface area contributed by atoms with Gasteiger partial charge in [0.25, 0.3) is 0 Å². The molecule has 1 aromatic rings. The fourth-order valence-corrected chi connectivity index (χ4v) is 0.826. The van der Waals surface area contributed by atoms with Crippen LogP contribution in [0.4, 0.5) is 5.82 Å². The number of carbonyl (C=O) groups excluding carboxylic acids is 1. The molecule has 74 valence electrons. The second-order valence-electron chi connectivity index (χ2n) is 2.50. The monoisotopic (exact) mass is 196 g/mol. The highest BCUT2D eigenvalue weighted by Gasteiger charge is 2.10. The Hall–Kier alpha value is -1.60. The van der Waals surface area contributed by atoms with Crippen LogP contribution in [0.5, 0.6) is 5.75 Å². The summed E-state index contributed by atoms with van der Waals surface area (Å²) >= 11 is 0. The van der Waals surface area contributed by atoms with Crippen molar-refractivity contribution in [2.24, 2.45) is 0 Å². The van der Waals surface area contributed by atoms with Gasteiger partial charge in [-0.2, -0.15) is 0 Å². The molecule has 3 N–H and O–H groups in total. The molecule has 0 unspecified atom stereocenters. The lowest BCUT2D eigenvalue weighted by Crippen LogP contribution is -2.20.